The van der Waals surface area contributed by atoms with Crippen LogP contribution in [-0.2, 0) is 4.74 Å². The molecule has 1 aromatic rings. The third kappa shape index (κ3) is 4.18. The molecule has 1 aromatic carbocycles. The van der Waals surface area contributed by atoms with Crippen LogP contribution in [-0.4, -0.2) is 37.3 Å². The van der Waals surface area contributed by atoms with Gasteiger partial charge in [0.2, 0.25) is 0 Å². The third-order valence-electron chi connectivity index (χ3n) is 3.24. The first-order valence-corrected chi connectivity index (χ1v) is 6.87. The van der Waals surface area contributed by atoms with Crippen LogP contribution >= 0.6 is 0 Å². The van der Waals surface area contributed by atoms with Gasteiger partial charge >= 0.3 is 5.69 Å². The average molecular weight is 280 g/mol. The molecule has 1 heterocycles. The van der Waals surface area contributed by atoms with Gasteiger partial charge in [-0.2, -0.15) is 0 Å². The van der Waals surface area contributed by atoms with E-state index in [1.165, 1.54) is 6.07 Å². The van der Waals surface area contributed by atoms with Crippen molar-refractivity contribution in [3.8, 4) is 5.75 Å². The van der Waals surface area contributed by atoms with E-state index in [1.54, 1.807) is 12.1 Å². The van der Waals surface area contributed by atoms with Crippen molar-refractivity contribution < 1.29 is 14.4 Å². The molecule has 0 saturated carbocycles. The maximum Gasteiger partial charge on any atom is 0.310 e. The summed E-state index contributed by atoms with van der Waals surface area (Å²) in [7, 11) is 0. The molecule has 20 heavy (non-hydrogen) atoms. The summed E-state index contributed by atoms with van der Waals surface area (Å²) in [6, 6.07) is 4.88. The van der Waals surface area contributed by atoms with Crippen molar-refractivity contribution in [3.05, 3.63) is 33.9 Å². The van der Waals surface area contributed by atoms with Crippen LogP contribution in [0, 0.1) is 17.0 Å². The van der Waals surface area contributed by atoms with Crippen molar-refractivity contribution in [1.29, 1.82) is 0 Å². The maximum atomic E-state index is 10.9. The minimum absolute atomic E-state index is 0.00901. The zero-order valence-corrected chi connectivity index (χ0v) is 11.6. The highest BCUT2D eigenvalue weighted by Gasteiger charge is 2.16. The lowest BCUT2D eigenvalue weighted by Crippen LogP contribution is -2.29. The summed E-state index contributed by atoms with van der Waals surface area (Å²) in [5.41, 5.74) is 0.952. The molecule has 0 amide bonds. The quantitative estimate of drug-likeness (QED) is 0.470. The lowest BCUT2D eigenvalue weighted by molar-refractivity contribution is -0.385. The van der Waals surface area contributed by atoms with Crippen LogP contribution in [0.1, 0.15) is 18.4 Å². The summed E-state index contributed by atoms with van der Waals surface area (Å²) < 4.78 is 11.0. The van der Waals surface area contributed by atoms with Crippen LogP contribution < -0.4 is 10.1 Å². The van der Waals surface area contributed by atoms with E-state index in [9.17, 15) is 10.1 Å². The van der Waals surface area contributed by atoms with Gasteiger partial charge in [-0.25, -0.2) is 0 Å². The SMILES string of the molecule is Cc1ccc([N+](=O)[O-])c(OCCNC[C@H]2CCCO2)c1. The largest absolute Gasteiger partial charge is 0.485 e. The second kappa shape index (κ2) is 7.21. The molecule has 1 atom stereocenters. The van der Waals surface area contributed by atoms with E-state index < -0.39 is 4.92 Å². The molecular weight excluding hydrogens is 260 g/mol. The lowest BCUT2D eigenvalue weighted by atomic mass is 10.2. The summed E-state index contributed by atoms with van der Waals surface area (Å²) >= 11 is 0. The highest BCUT2D eigenvalue weighted by molar-refractivity contribution is 5.48. The van der Waals surface area contributed by atoms with Crippen LogP contribution in [0.3, 0.4) is 0 Å². The minimum atomic E-state index is -0.422. The fraction of sp³-hybridized carbons (Fsp3) is 0.571. The summed E-state index contributed by atoms with van der Waals surface area (Å²) in [6.45, 7) is 4.58. The van der Waals surface area contributed by atoms with Crippen molar-refractivity contribution >= 4 is 5.69 Å². The maximum absolute atomic E-state index is 10.9. The van der Waals surface area contributed by atoms with Crippen LogP contribution in [0.5, 0.6) is 5.75 Å². The molecule has 1 fully saturated rings. The molecule has 0 aromatic heterocycles. The summed E-state index contributed by atoms with van der Waals surface area (Å²) in [4.78, 5) is 10.5. The number of nitrogens with zero attached hydrogens (tertiary/aromatic N) is 1. The minimum Gasteiger partial charge on any atom is -0.485 e. The first-order valence-electron chi connectivity index (χ1n) is 6.87. The number of benzene rings is 1. The number of nitrogens with one attached hydrogen (secondary N) is 1. The lowest BCUT2D eigenvalue weighted by Gasteiger charge is -2.11. The van der Waals surface area contributed by atoms with Crippen molar-refractivity contribution in [1.82, 2.24) is 5.32 Å². The fourth-order valence-corrected chi connectivity index (χ4v) is 2.19. The molecule has 2 rings (SSSR count). The van der Waals surface area contributed by atoms with E-state index in [2.05, 4.69) is 5.32 Å². The molecule has 0 bridgehead atoms. The first-order chi connectivity index (χ1) is 9.66. The number of nitro benzene ring substituents is 1. The molecule has 0 radical (unpaired) electrons. The number of rotatable bonds is 7. The fourth-order valence-electron chi connectivity index (χ4n) is 2.19. The van der Waals surface area contributed by atoms with Gasteiger partial charge in [-0.1, -0.05) is 6.07 Å². The highest BCUT2D eigenvalue weighted by atomic mass is 16.6. The standard InChI is InChI=1S/C14H20N2O4/c1-11-4-5-13(16(17)18)14(9-11)20-8-6-15-10-12-3-2-7-19-12/h4-5,9,12,15H,2-3,6-8,10H2,1H3/t12-/m1/s1. The molecular formula is C14H20N2O4. The molecule has 0 spiro atoms. The van der Waals surface area contributed by atoms with Crippen LogP contribution in [0.25, 0.3) is 0 Å². The Morgan fingerprint density at radius 1 is 1.55 bits per heavy atom. The highest BCUT2D eigenvalue weighted by Crippen LogP contribution is 2.27. The molecule has 1 saturated heterocycles. The molecule has 6 nitrogen and oxygen atoms in total. The Morgan fingerprint density at radius 3 is 3.10 bits per heavy atom. The second-order valence-electron chi connectivity index (χ2n) is 4.92. The van der Waals surface area contributed by atoms with E-state index in [-0.39, 0.29) is 5.69 Å². The van der Waals surface area contributed by atoms with Gasteiger partial charge in [-0.15, -0.1) is 0 Å². The van der Waals surface area contributed by atoms with Gasteiger partial charge in [0.1, 0.15) is 6.61 Å². The van der Waals surface area contributed by atoms with Gasteiger partial charge in [-0.3, -0.25) is 10.1 Å². The number of ether oxygens (including phenoxy) is 2. The molecule has 1 aliphatic heterocycles. The number of hydrogen-bond donors (Lipinski definition) is 1. The number of aryl methyl sites for hydroxylation is 1. The Kier molecular flexibility index (Phi) is 5.31. The average Bonchev–Trinajstić information content (AvgIpc) is 2.91. The topological polar surface area (TPSA) is 73.6 Å². The van der Waals surface area contributed by atoms with E-state index in [1.807, 2.05) is 6.92 Å². The van der Waals surface area contributed by atoms with E-state index >= 15 is 0 Å². The van der Waals surface area contributed by atoms with Crippen molar-refractivity contribution in [2.24, 2.45) is 0 Å². The van der Waals surface area contributed by atoms with Crippen molar-refractivity contribution in [2.75, 3.05) is 26.3 Å². The Labute approximate surface area is 118 Å². The zero-order valence-electron chi connectivity index (χ0n) is 11.6. The Hall–Kier alpha value is -1.66. The number of nitro groups is 1. The molecule has 1 N–H and O–H groups in total. The predicted octanol–water partition coefficient (Wildman–Crippen LogP) is 2.05. The second-order valence-corrected chi connectivity index (χ2v) is 4.92. The first kappa shape index (κ1) is 14.7. The zero-order chi connectivity index (χ0) is 14.4. The Morgan fingerprint density at radius 2 is 2.40 bits per heavy atom. The predicted molar refractivity (Wildman–Crippen MR) is 75.2 cm³/mol. The van der Waals surface area contributed by atoms with Gasteiger partial charge in [-0.05, 0) is 31.4 Å². The van der Waals surface area contributed by atoms with Crippen LogP contribution in [0.15, 0.2) is 18.2 Å². The third-order valence-corrected chi connectivity index (χ3v) is 3.24. The molecule has 0 aliphatic carbocycles. The normalized spacial score (nSPS) is 18.1. The Balaban J connectivity index is 1.75. The van der Waals surface area contributed by atoms with E-state index in [4.69, 9.17) is 9.47 Å². The molecule has 1 aliphatic rings. The van der Waals surface area contributed by atoms with Crippen LogP contribution in [0.2, 0.25) is 0 Å². The van der Waals surface area contributed by atoms with Gasteiger partial charge in [0.25, 0.3) is 0 Å². The Bertz CT molecular complexity index is 458. The number of hydrogen-bond acceptors (Lipinski definition) is 5. The summed E-state index contributed by atoms with van der Waals surface area (Å²) in [5, 5.41) is 14.1. The van der Waals surface area contributed by atoms with Gasteiger partial charge in [0.05, 0.1) is 11.0 Å². The van der Waals surface area contributed by atoms with Gasteiger partial charge in [0.15, 0.2) is 5.75 Å². The van der Waals surface area contributed by atoms with Crippen molar-refractivity contribution in [2.45, 2.75) is 25.9 Å². The van der Waals surface area contributed by atoms with Crippen LogP contribution in [0.4, 0.5) is 5.69 Å². The monoisotopic (exact) mass is 280 g/mol. The van der Waals surface area contributed by atoms with Gasteiger partial charge < -0.3 is 14.8 Å². The molecule has 6 heteroatoms. The van der Waals surface area contributed by atoms with Gasteiger partial charge in [0, 0.05) is 25.8 Å². The molecule has 0 unspecified atom stereocenters. The summed E-state index contributed by atoms with van der Waals surface area (Å²) in [5.74, 6) is 0.328. The van der Waals surface area contributed by atoms with E-state index in [0.29, 0.717) is 25.0 Å². The molecule has 110 valence electrons. The summed E-state index contributed by atoms with van der Waals surface area (Å²) in [6.07, 6.45) is 2.51. The smallest absolute Gasteiger partial charge is 0.310 e. The van der Waals surface area contributed by atoms with Crippen molar-refractivity contribution in [3.63, 3.8) is 0 Å². The van der Waals surface area contributed by atoms with E-state index in [0.717, 1.165) is 31.6 Å².